The third-order valence-electron chi connectivity index (χ3n) is 4.88. The normalized spacial score (nSPS) is 13.8. The maximum atomic E-state index is 12.8. The molecular formula is C24H20N2O3S. The van der Waals surface area contributed by atoms with Gasteiger partial charge in [0.25, 0.3) is 11.8 Å². The van der Waals surface area contributed by atoms with Crippen molar-refractivity contribution < 1.29 is 14.4 Å². The predicted octanol–water partition coefficient (Wildman–Crippen LogP) is 4.75. The maximum absolute atomic E-state index is 12.8. The Morgan fingerprint density at radius 1 is 0.900 bits per heavy atom. The van der Waals surface area contributed by atoms with E-state index in [4.69, 9.17) is 0 Å². The molecule has 150 valence electrons. The third-order valence-corrected chi connectivity index (χ3v) is 6.09. The van der Waals surface area contributed by atoms with E-state index in [1.54, 1.807) is 42.5 Å². The van der Waals surface area contributed by atoms with Crippen LogP contribution >= 0.6 is 11.8 Å². The molecule has 0 saturated heterocycles. The van der Waals surface area contributed by atoms with E-state index in [1.807, 2.05) is 43.3 Å². The zero-order chi connectivity index (χ0) is 21.1. The van der Waals surface area contributed by atoms with Crippen LogP contribution in [0.25, 0.3) is 0 Å². The van der Waals surface area contributed by atoms with Crippen LogP contribution in [0, 0.1) is 0 Å². The average molecular weight is 417 g/mol. The molecule has 1 aliphatic heterocycles. The largest absolute Gasteiger partial charge is 0.325 e. The molecule has 1 heterocycles. The van der Waals surface area contributed by atoms with Crippen molar-refractivity contribution in [1.29, 1.82) is 0 Å². The molecule has 6 heteroatoms. The zero-order valence-corrected chi connectivity index (χ0v) is 17.2. The molecule has 1 N–H and O–H groups in total. The summed E-state index contributed by atoms with van der Waals surface area (Å²) in [7, 11) is 0. The van der Waals surface area contributed by atoms with Crippen molar-refractivity contribution in [2.24, 2.45) is 0 Å². The van der Waals surface area contributed by atoms with Gasteiger partial charge in [0.1, 0.15) is 0 Å². The fourth-order valence-electron chi connectivity index (χ4n) is 3.25. The van der Waals surface area contributed by atoms with E-state index in [1.165, 1.54) is 11.8 Å². The van der Waals surface area contributed by atoms with Crippen LogP contribution < -0.4 is 10.2 Å². The Morgan fingerprint density at radius 2 is 1.53 bits per heavy atom. The van der Waals surface area contributed by atoms with E-state index in [-0.39, 0.29) is 23.0 Å². The molecule has 0 saturated carbocycles. The Hall–Kier alpha value is -3.38. The summed E-state index contributed by atoms with van der Waals surface area (Å²) in [6, 6.07) is 23.6. The summed E-state index contributed by atoms with van der Waals surface area (Å²) >= 11 is 1.54. The molecule has 0 aromatic heterocycles. The minimum absolute atomic E-state index is 0.146. The molecule has 1 aliphatic rings. The highest BCUT2D eigenvalue weighted by molar-refractivity contribution is 7.99. The number of para-hydroxylation sites is 1. The van der Waals surface area contributed by atoms with Crippen molar-refractivity contribution >= 4 is 40.9 Å². The molecule has 1 atom stereocenters. The molecular weight excluding hydrogens is 396 g/mol. The number of nitrogens with one attached hydrogen (secondary N) is 1. The van der Waals surface area contributed by atoms with Gasteiger partial charge in [0.05, 0.1) is 22.1 Å². The number of thioether (sulfide) groups is 1. The Morgan fingerprint density at radius 3 is 2.23 bits per heavy atom. The summed E-state index contributed by atoms with van der Waals surface area (Å²) in [5.41, 5.74) is 2.83. The number of hydrogen-bond donors (Lipinski definition) is 1. The van der Waals surface area contributed by atoms with E-state index >= 15 is 0 Å². The number of benzene rings is 3. The van der Waals surface area contributed by atoms with Crippen molar-refractivity contribution in [1.82, 2.24) is 0 Å². The van der Waals surface area contributed by atoms with Gasteiger partial charge in [-0.25, -0.2) is 4.90 Å². The van der Waals surface area contributed by atoms with Gasteiger partial charge in [-0.1, -0.05) is 48.5 Å². The van der Waals surface area contributed by atoms with Crippen LogP contribution in [-0.2, 0) is 10.5 Å². The Balaban J connectivity index is 1.45. The summed E-state index contributed by atoms with van der Waals surface area (Å²) in [5, 5.41) is 2.59. The summed E-state index contributed by atoms with van der Waals surface area (Å²) < 4.78 is 0. The lowest BCUT2D eigenvalue weighted by atomic mass is 10.1. The first-order chi connectivity index (χ1) is 14.5. The maximum Gasteiger partial charge on any atom is 0.266 e. The number of hydrogen-bond acceptors (Lipinski definition) is 4. The molecule has 3 aromatic carbocycles. The van der Waals surface area contributed by atoms with Crippen molar-refractivity contribution in [2.45, 2.75) is 17.9 Å². The second-order valence-electron chi connectivity index (χ2n) is 6.97. The number of nitrogens with zero attached hydrogens (tertiary/aromatic N) is 1. The van der Waals surface area contributed by atoms with E-state index in [0.717, 1.165) is 16.2 Å². The third kappa shape index (κ3) is 4.00. The Bertz CT molecular complexity index is 1100. The lowest BCUT2D eigenvalue weighted by Crippen LogP contribution is -2.29. The molecule has 3 aromatic rings. The molecule has 0 bridgehead atoms. The van der Waals surface area contributed by atoms with Crippen LogP contribution in [0.3, 0.4) is 0 Å². The second kappa shape index (κ2) is 8.55. The van der Waals surface area contributed by atoms with Gasteiger partial charge in [-0.3, -0.25) is 14.4 Å². The molecule has 30 heavy (non-hydrogen) atoms. The Kier molecular flexibility index (Phi) is 5.68. The fraction of sp³-hybridized carbons (Fsp3) is 0.125. The lowest BCUT2D eigenvalue weighted by Gasteiger charge is -2.13. The Labute approximate surface area is 179 Å². The van der Waals surface area contributed by atoms with Gasteiger partial charge in [-0.2, -0.15) is 0 Å². The van der Waals surface area contributed by atoms with Gasteiger partial charge in [-0.05, 0) is 42.8 Å². The first-order valence-electron chi connectivity index (χ1n) is 9.59. The molecule has 0 aliphatic carbocycles. The molecule has 0 unspecified atom stereocenters. The summed E-state index contributed by atoms with van der Waals surface area (Å²) in [5.74, 6) is -0.152. The van der Waals surface area contributed by atoms with E-state index in [0.29, 0.717) is 22.5 Å². The van der Waals surface area contributed by atoms with E-state index < -0.39 is 0 Å². The predicted molar refractivity (Wildman–Crippen MR) is 120 cm³/mol. The SMILES string of the molecule is C[C@H](SCc1ccccc1)C(=O)Nc1ccc2c(c1)C(=O)N(c1ccccc1)C2=O. The first-order valence-corrected chi connectivity index (χ1v) is 10.6. The van der Waals surface area contributed by atoms with Crippen LogP contribution in [0.15, 0.2) is 78.9 Å². The van der Waals surface area contributed by atoms with Crippen molar-refractivity contribution in [2.75, 3.05) is 10.2 Å². The number of imide groups is 1. The topological polar surface area (TPSA) is 66.5 Å². The quantitative estimate of drug-likeness (QED) is 0.589. The second-order valence-corrected chi connectivity index (χ2v) is 8.30. The molecule has 4 rings (SSSR count). The summed E-state index contributed by atoms with van der Waals surface area (Å²) in [6.45, 7) is 1.85. The molecule has 3 amide bonds. The standard InChI is InChI=1S/C24H20N2O3S/c1-16(30-15-17-8-4-2-5-9-17)22(27)25-18-12-13-20-21(14-18)24(29)26(23(20)28)19-10-6-3-7-11-19/h2-14,16H,15H2,1H3,(H,25,27)/t16-/m0/s1. The van der Waals surface area contributed by atoms with Crippen LogP contribution in [-0.4, -0.2) is 23.0 Å². The monoisotopic (exact) mass is 416 g/mol. The highest BCUT2D eigenvalue weighted by Gasteiger charge is 2.36. The highest BCUT2D eigenvalue weighted by Crippen LogP contribution is 2.30. The van der Waals surface area contributed by atoms with Crippen LogP contribution in [0.4, 0.5) is 11.4 Å². The average Bonchev–Trinajstić information content (AvgIpc) is 3.03. The number of carbonyl (C=O) groups is 3. The van der Waals surface area contributed by atoms with E-state index in [9.17, 15) is 14.4 Å². The van der Waals surface area contributed by atoms with Crippen LogP contribution in [0.1, 0.15) is 33.2 Å². The van der Waals surface area contributed by atoms with Gasteiger partial charge in [0.2, 0.25) is 5.91 Å². The molecule has 0 radical (unpaired) electrons. The number of rotatable bonds is 6. The highest BCUT2D eigenvalue weighted by atomic mass is 32.2. The fourth-order valence-corrected chi connectivity index (χ4v) is 4.09. The summed E-state index contributed by atoms with van der Waals surface area (Å²) in [4.78, 5) is 39.2. The van der Waals surface area contributed by atoms with Gasteiger partial charge in [0.15, 0.2) is 0 Å². The van der Waals surface area contributed by atoms with Crippen LogP contribution in [0.2, 0.25) is 0 Å². The van der Waals surface area contributed by atoms with Gasteiger partial charge >= 0.3 is 0 Å². The first kappa shape index (κ1) is 19.9. The van der Waals surface area contributed by atoms with Crippen LogP contribution in [0.5, 0.6) is 0 Å². The lowest BCUT2D eigenvalue weighted by molar-refractivity contribution is -0.115. The van der Waals surface area contributed by atoms with Gasteiger partial charge in [-0.15, -0.1) is 11.8 Å². The minimum atomic E-state index is -0.385. The smallest absolute Gasteiger partial charge is 0.266 e. The van der Waals surface area contributed by atoms with Crippen molar-refractivity contribution in [3.63, 3.8) is 0 Å². The van der Waals surface area contributed by atoms with Gasteiger partial charge in [0, 0.05) is 11.4 Å². The molecule has 0 fully saturated rings. The van der Waals surface area contributed by atoms with Crippen molar-refractivity contribution in [3.05, 3.63) is 95.6 Å². The van der Waals surface area contributed by atoms with E-state index in [2.05, 4.69) is 5.32 Å². The zero-order valence-electron chi connectivity index (χ0n) is 16.4. The summed E-state index contributed by atoms with van der Waals surface area (Å²) in [6.07, 6.45) is 0. The number of fused-ring (bicyclic) bond motifs is 1. The minimum Gasteiger partial charge on any atom is -0.325 e. The number of amides is 3. The number of carbonyl (C=O) groups excluding carboxylic acids is 3. The molecule has 5 nitrogen and oxygen atoms in total. The van der Waals surface area contributed by atoms with Gasteiger partial charge < -0.3 is 5.32 Å². The molecule has 0 spiro atoms. The van der Waals surface area contributed by atoms with Crippen molar-refractivity contribution in [3.8, 4) is 0 Å². The number of anilines is 2.